The third-order valence-corrected chi connectivity index (χ3v) is 4.89. The van der Waals surface area contributed by atoms with Gasteiger partial charge in [0, 0.05) is 30.5 Å². The lowest BCUT2D eigenvalue weighted by Gasteiger charge is -2.10. The summed E-state index contributed by atoms with van der Waals surface area (Å²) in [5.41, 5.74) is 5.15. The standard InChI is InChI=1S/C26H18N6O/c33-26(18-10-11-23(30-17-18)20-7-1-4-12-27-20)31-19-15-24(21-8-2-5-13-28-21)32-25(16-19)22-9-3-6-14-29-22/h1-17H,(H,31,32,33). The van der Waals surface area contributed by atoms with Crippen LogP contribution in [-0.4, -0.2) is 30.8 Å². The van der Waals surface area contributed by atoms with E-state index in [1.54, 1.807) is 49.1 Å². The third-order valence-electron chi connectivity index (χ3n) is 4.89. The summed E-state index contributed by atoms with van der Waals surface area (Å²) in [6.07, 6.45) is 6.66. The van der Waals surface area contributed by atoms with Crippen LogP contribution >= 0.6 is 0 Å². The maximum absolute atomic E-state index is 12.9. The molecule has 7 heteroatoms. The van der Waals surface area contributed by atoms with E-state index in [1.807, 2.05) is 54.6 Å². The highest BCUT2D eigenvalue weighted by Gasteiger charge is 2.13. The molecule has 0 saturated carbocycles. The van der Waals surface area contributed by atoms with Gasteiger partial charge in [-0.2, -0.15) is 0 Å². The van der Waals surface area contributed by atoms with Crippen molar-refractivity contribution in [3.8, 4) is 34.2 Å². The van der Waals surface area contributed by atoms with Crippen LogP contribution in [0.1, 0.15) is 10.4 Å². The van der Waals surface area contributed by atoms with Gasteiger partial charge < -0.3 is 5.32 Å². The van der Waals surface area contributed by atoms with E-state index in [4.69, 9.17) is 4.98 Å². The van der Waals surface area contributed by atoms with Gasteiger partial charge in [-0.25, -0.2) is 4.98 Å². The average molecular weight is 430 g/mol. The Labute approximate surface area is 190 Å². The zero-order valence-electron chi connectivity index (χ0n) is 17.5. The second kappa shape index (κ2) is 9.15. The summed E-state index contributed by atoms with van der Waals surface area (Å²) in [6, 6.07) is 23.9. The van der Waals surface area contributed by atoms with Crippen LogP contribution in [0.15, 0.2) is 104 Å². The van der Waals surface area contributed by atoms with Gasteiger partial charge >= 0.3 is 0 Å². The summed E-state index contributed by atoms with van der Waals surface area (Å²) >= 11 is 0. The zero-order valence-corrected chi connectivity index (χ0v) is 17.5. The second-order valence-corrected chi connectivity index (χ2v) is 7.16. The molecule has 0 spiro atoms. The quantitative estimate of drug-likeness (QED) is 0.426. The molecule has 5 rings (SSSR count). The Morgan fingerprint density at radius 1 is 0.576 bits per heavy atom. The van der Waals surface area contributed by atoms with Crippen LogP contribution in [0.2, 0.25) is 0 Å². The number of anilines is 1. The first-order valence-electron chi connectivity index (χ1n) is 10.3. The molecule has 0 saturated heterocycles. The van der Waals surface area contributed by atoms with Gasteiger partial charge in [-0.05, 0) is 60.7 Å². The van der Waals surface area contributed by atoms with Gasteiger partial charge in [-0.3, -0.25) is 24.7 Å². The predicted molar refractivity (Wildman–Crippen MR) is 126 cm³/mol. The van der Waals surface area contributed by atoms with Crippen LogP contribution in [0.3, 0.4) is 0 Å². The van der Waals surface area contributed by atoms with Crippen LogP contribution in [-0.2, 0) is 0 Å². The molecule has 7 nitrogen and oxygen atoms in total. The molecule has 0 aliphatic heterocycles. The van der Waals surface area contributed by atoms with Crippen molar-refractivity contribution in [1.82, 2.24) is 24.9 Å². The number of rotatable bonds is 5. The number of hydrogen-bond donors (Lipinski definition) is 1. The van der Waals surface area contributed by atoms with Gasteiger partial charge in [0.1, 0.15) is 0 Å². The van der Waals surface area contributed by atoms with Gasteiger partial charge in [0.05, 0.1) is 39.7 Å². The molecule has 5 aromatic rings. The molecule has 0 bridgehead atoms. The van der Waals surface area contributed by atoms with E-state index < -0.39 is 0 Å². The molecule has 0 unspecified atom stereocenters. The monoisotopic (exact) mass is 430 g/mol. The minimum absolute atomic E-state index is 0.278. The van der Waals surface area contributed by atoms with Crippen molar-refractivity contribution in [2.24, 2.45) is 0 Å². The van der Waals surface area contributed by atoms with Crippen LogP contribution < -0.4 is 5.32 Å². The highest BCUT2D eigenvalue weighted by molar-refractivity contribution is 6.04. The number of amides is 1. The Morgan fingerprint density at radius 2 is 1.09 bits per heavy atom. The van der Waals surface area contributed by atoms with Gasteiger partial charge in [-0.1, -0.05) is 18.2 Å². The summed E-state index contributed by atoms with van der Waals surface area (Å²) in [5.74, 6) is -0.278. The largest absolute Gasteiger partial charge is 0.322 e. The van der Waals surface area contributed by atoms with Crippen LogP contribution in [0.4, 0.5) is 5.69 Å². The lowest BCUT2D eigenvalue weighted by Crippen LogP contribution is -2.13. The van der Waals surface area contributed by atoms with E-state index in [9.17, 15) is 4.79 Å². The third kappa shape index (κ3) is 4.62. The fourth-order valence-electron chi connectivity index (χ4n) is 3.29. The molecule has 0 fully saturated rings. The average Bonchev–Trinajstić information content (AvgIpc) is 2.90. The van der Waals surface area contributed by atoms with Crippen LogP contribution in [0.5, 0.6) is 0 Å². The molecule has 1 N–H and O–H groups in total. The number of aromatic nitrogens is 5. The lowest BCUT2D eigenvalue weighted by molar-refractivity contribution is 0.102. The Kier molecular flexibility index (Phi) is 5.59. The maximum Gasteiger partial charge on any atom is 0.257 e. The zero-order chi connectivity index (χ0) is 22.5. The summed E-state index contributed by atoms with van der Waals surface area (Å²) in [7, 11) is 0. The maximum atomic E-state index is 12.9. The first-order valence-corrected chi connectivity index (χ1v) is 10.3. The van der Waals surface area contributed by atoms with Crippen LogP contribution in [0.25, 0.3) is 34.2 Å². The number of pyridine rings is 5. The van der Waals surface area contributed by atoms with Crippen molar-refractivity contribution in [3.05, 3.63) is 109 Å². The SMILES string of the molecule is O=C(Nc1cc(-c2ccccn2)nc(-c2ccccn2)c1)c1ccc(-c2ccccn2)nc1. The van der Waals surface area contributed by atoms with Gasteiger partial charge in [0.15, 0.2) is 0 Å². The fraction of sp³-hybridized carbons (Fsp3) is 0. The first kappa shape index (κ1) is 20.1. The van der Waals surface area contributed by atoms with E-state index in [1.165, 1.54) is 0 Å². The molecule has 0 radical (unpaired) electrons. The van der Waals surface area contributed by atoms with Crippen molar-refractivity contribution in [2.75, 3.05) is 5.32 Å². The van der Waals surface area contributed by atoms with E-state index in [0.29, 0.717) is 39.7 Å². The van der Waals surface area contributed by atoms with E-state index >= 15 is 0 Å². The molecule has 158 valence electrons. The van der Waals surface area contributed by atoms with E-state index in [-0.39, 0.29) is 5.91 Å². The highest BCUT2D eigenvalue weighted by Crippen LogP contribution is 2.25. The minimum Gasteiger partial charge on any atom is -0.322 e. The summed E-state index contributed by atoms with van der Waals surface area (Å²) in [4.78, 5) is 35.1. The predicted octanol–water partition coefficient (Wildman–Crippen LogP) is 4.91. The summed E-state index contributed by atoms with van der Waals surface area (Å²) in [5, 5.41) is 2.95. The molecule has 5 heterocycles. The van der Waals surface area contributed by atoms with Gasteiger partial charge in [-0.15, -0.1) is 0 Å². The highest BCUT2D eigenvalue weighted by atomic mass is 16.1. The van der Waals surface area contributed by atoms with Crippen LogP contribution in [0, 0.1) is 0 Å². The molecule has 5 aromatic heterocycles. The molecule has 0 aliphatic rings. The Hall–Kier alpha value is -4.78. The second-order valence-electron chi connectivity index (χ2n) is 7.16. The van der Waals surface area contributed by atoms with Crippen molar-refractivity contribution in [1.29, 1.82) is 0 Å². The molecule has 0 atom stereocenters. The topological polar surface area (TPSA) is 93.6 Å². The molecule has 0 aliphatic carbocycles. The lowest BCUT2D eigenvalue weighted by atomic mass is 10.1. The van der Waals surface area contributed by atoms with E-state index in [2.05, 4.69) is 25.3 Å². The van der Waals surface area contributed by atoms with Gasteiger partial charge in [0.2, 0.25) is 0 Å². The molecule has 33 heavy (non-hydrogen) atoms. The number of carbonyl (C=O) groups excluding carboxylic acids is 1. The van der Waals surface area contributed by atoms with Gasteiger partial charge in [0.25, 0.3) is 5.91 Å². The normalized spacial score (nSPS) is 10.5. The fourth-order valence-corrected chi connectivity index (χ4v) is 3.29. The number of nitrogens with one attached hydrogen (secondary N) is 1. The minimum atomic E-state index is -0.278. The van der Waals surface area contributed by atoms with Crippen molar-refractivity contribution < 1.29 is 4.79 Å². The number of hydrogen-bond acceptors (Lipinski definition) is 6. The van der Waals surface area contributed by atoms with Crippen molar-refractivity contribution in [2.45, 2.75) is 0 Å². The number of nitrogens with zero attached hydrogens (tertiary/aromatic N) is 5. The van der Waals surface area contributed by atoms with E-state index in [0.717, 1.165) is 5.69 Å². The van der Waals surface area contributed by atoms with Crippen molar-refractivity contribution >= 4 is 11.6 Å². The number of carbonyl (C=O) groups is 1. The molecular weight excluding hydrogens is 412 g/mol. The smallest absolute Gasteiger partial charge is 0.257 e. The first-order chi connectivity index (χ1) is 16.3. The van der Waals surface area contributed by atoms with Crippen molar-refractivity contribution in [3.63, 3.8) is 0 Å². The molecule has 0 aromatic carbocycles. The Bertz CT molecular complexity index is 1320. The summed E-state index contributed by atoms with van der Waals surface area (Å²) in [6.45, 7) is 0. The Morgan fingerprint density at radius 3 is 1.55 bits per heavy atom. The summed E-state index contributed by atoms with van der Waals surface area (Å²) < 4.78 is 0. The molecular formula is C26H18N6O. The Balaban J connectivity index is 1.45. The molecule has 1 amide bonds.